The second-order valence-corrected chi connectivity index (χ2v) is 9.42. The van der Waals surface area contributed by atoms with Crippen LogP contribution in [-0.4, -0.2) is 51.2 Å². The molecule has 1 fully saturated rings. The average Bonchev–Trinajstić information content (AvgIpc) is 2.74. The summed E-state index contributed by atoms with van der Waals surface area (Å²) < 4.78 is 28.7. The van der Waals surface area contributed by atoms with Crippen LogP contribution in [0.2, 0.25) is 0 Å². The predicted octanol–water partition coefficient (Wildman–Crippen LogP) is 2.96. The van der Waals surface area contributed by atoms with Crippen molar-refractivity contribution in [3.63, 3.8) is 0 Å². The average molecular weight is 427 g/mol. The Kier molecular flexibility index (Phi) is 5.76. The summed E-state index contributed by atoms with van der Waals surface area (Å²) in [5.74, 6) is 0.481. The molecule has 0 spiro atoms. The van der Waals surface area contributed by atoms with Crippen molar-refractivity contribution in [1.82, 2.24) is 4.90 Å². The van der Waals surface area contributed by atoms with E-state index in [1.165, 1.54) is 5.69 Å². The van der Waals surface area contributed by atoms with Crippen molar-refractivity contribution in [2.75, 3.05) is 36.4 Å². The Hall–Kier alpha value is -2.87. The molecule has 4 rings (SSSR count). The molecule has 158 valence electrons. The van der Waals surface area contributed by atoms with Gasteiger partial charge in [0.2, 0.25) is 5.91 Å². The summed E-state index contributed by atoms with van der Waals surface area (Å²) in [6.45, 7) is 4.97. The van der Waals surface area contributed by atoms with Crippen LogP contribution < -0.4 is 10.2 Å². The zero-order valence-corrected chi connectivity index (χ0v) is 17.8. The Balaban J connectivity index is 1.31. The lowest BCUT2D eigenvalue weighted by Crippen LogP contribution is -2.49. The van der Waals surface area contributed by atoms with Crippen molar-refractivity contribution in [2.24, 2.45) is 10.3 Å². The highest BCUT2D eigenvalue weighted by Gasteiger charge is 2.27. The SMILES string of the molecule is CC(CC(=O)N1CCN(c2ccccc2)CC1)CC1=NS(=O)(=O)c2ccccc2N1. The minimum atomic E-state index is -3.69. The summed E-state index contributed by atoms with van der Waals surface area (Å²) in [7, 11) is -3.69. The van der Waals surface area contributed by atoms with Gasteiger partial charge in [-0.3, -0.25) is 4.79 Å². The Morgan fingerprint density at radius 2 is 1.70 bits per heavy atom. The number of nitrogens with one attached hydrogen (secondary N) is 1. The van der Waals surface area contributed by atoms with E-state index in [-0.39, 0.29) is 16.7 Å². The number of hydrogen-bond donors (Lipinski definition) is 1. The summed E-state index contributed by atoms with van der Waals surface area (Å²) in [6, 6.07) is 16.9. The fourth-order valence-electron chi connectivity index (χ4n) is 3.94. The van der Waals surface area contributed by atoms with Gasteiger partial charge in [0, 0.05) is 44.7 Å². The molecule has 0 aromatic heterocycles. The first kappa shape index (κ1) is 20.4. The Morgan fingerprint density at radius 3 is 2.43 bits per heavy atom. The van der Waals surface area contributed by atoms with E-state index >= 15 is 0 Å². The molecule has 30 heavy (non-hydrogen) atoms. The van der Waals surface area contributed by atoms with E-state index in [4.69, 9.17) is 0 Å². The van der Waals surface area contributed by atoms with Gasteiger partial charge in [-0.2, -0.15) is 8.42 Å². The van der Waals surface area contributed by atoms with Crippen molar-refractivity contribution < 1.29 is 13.2 Å². The largest absolute Gasteiger partial charge is 0.368 e. The van der Waals surface area contributed by atoms with Gasteiger partial charge in [0.25, 0.3) is 10.0 Å². The topological polar surface area (TPSA) is 82.1 Å². The summed E-state index contributed by atoms with van der Waals surface area (Å²) in [6.07, 6.45) is 0.775. The van der Waals surface area contributed by atoms with Gasteiger partial charge in [-0.1, -0.05) is 37.3 Å². The molecule has 1 N–H and O–H groups in total. The number of amides is 1. The number of carbonyl (C=O) groups excluding carboxylic acids is 1. The van der Waals surface area contributed by atoms with Gasteiger partial charge in [-0.25, -0.2) is 0 Å². The number of hydrogen-bond acceptors (Lipinski definition) is 5. The molecule has 0 aliphatic carbocycles. The van der Waals surface area contributed by atoms with Crippen molar-refractivity contribution in [3.8, 4) is 0 Å². The van der Waals surface area contributed by atoms with Crippen molar-refractivity contribution in [1.29, 1.82) is 0 Å². The number of anilines is 2. The third-order valence-electron chi connectivity index (χ3n) is 5.49. The van der Waals surface area contributed by atoms with Gasteiger partial charge in [-0.05, 0) is 30.2 Å². The molecular weight excluding hydrogens is 400 g/mol. The van der Waals surface area contributed by atoms with Crippen molar-refractivity contribution in [3.05, 3.63) is 54.6 Å². The maximum Gasteiger partial charge on any atom is 0.286 e. The number of nitrogens with zero attached hydrogens (tertiary/aromatic N) is 3. The molecule has 2 aromatic carbocycles. The Morgan fingerprint density at radius 1 is 1.03 bits per heavy atom. The number of para-hydroxylation sites is 2. The van der Waals surface area contributed by atoms with E-state index in [9.17, 15) is 13.2 Å². The van der Waals surface area contributed by atoms with Crippen LogP contribution in [0.25, 0.3) is 0 Å². The molecule has 1 atom stereocenters. The smallest absolute Gasteiger partial charge is 0.286 e. The van der Waals surface area contributed by atoms with Gasteiger partial charge < -0.3 is 15.1 Å². The van der Waals surface area contributed by atoms with E-state index in [1.54, 1.807) is 24.3 Å². The van der Waals surface area contributed by atoms with Gasteiger partial charge in [0.05, 0.1) is 5.69 Å². The molecule has 7 nitrogen and oxygen atoms in total. The number of piperazine rings is 1. The highest BCUT2D eigenvalue weighted by Crippen LogP contribution is 2.28. The molecule has 1 saturated heterocycles. The number of rotatable bonds is 5. The van der Waals surface area contributed by atoms with Crippen LogP contribution in [0.1, 0.15) is 19.8 Å². The van der Waals surface area contributed by atoms with Crippen molar-refractivity contribution >= 4 is 33.1 Å². The van der Waals surface area contributed by atoms with Crippen LogP contribution in [0.3, 0.4) is 0 Å². The maximum absolute atomic E-state index is 12.7. The first-order valence-electron chi connectivity index (χ1n) is 10.2. The van der Waals surface area contributed by atoms with Crippen molar-refractivity contribution in [2.45, 2.75) is 24.7 Å². The molecule has 0 radical (unpaired) electrons. The number of fused-ring (bicyclic) bond motifs is 1. The molecule has 1 unspecified atom stereocenters. The van der Waals surface area contributed by atoms with Gasteiger partial charge in [0.1, 0.15) is 10.7 Å². The fourth-order valence-corrected chi connectivity index (χ4v) is 5.09. The molecule has 2 aliphatic heterocycles. The molecule has 0 saturated carbocycles. The summed E-state index contributed by atoms with van der Waals surface area (Å²) in [4.78, 5) is 17.1. The zero-order chi connectivity index (χ0) is 21.1. The normalized spacial score (nSPS) is 18.8. The molecule has 1 amide bonds. The van der Waals surface area contributed by atoms with Crippen LogP contribution in [0.5, 0.6) is 0 Å². The second-order valence-electron chi connectivity index (χ2n) is 7.85. The maximum atomic E-state index is 12.7. The quantitative estimate of drug-likeness (QED) is 0.795. The lowest BCUT2D eigenvalue weighted by atomic mass is 10.0. The van der Waals surface area contributed by atoms with Crippen LogP contribution in [0, 0.1) is 5.92 Å². The van der Waals surface area contributed by atoms with E-state index in [2.05, 4.69) is 26.7 Å². The first-order valence-corrected chi connectivity index (χ1v) is 11.6. The summed E-state index contributed by atoms with van der Waals surface area (Å²) in [5.41, 5.74) is 1.72. The molecule has 8 heteroatoms. The Labute approximate surface area is 177 Å². The lowest BCUT2D eigenvalue weighted by Gasteiger charge is -2.36. The number of benzene rings is 2. The second kappa shape index (κ2) is 8.47. The van der Waals surface area contributed by atoms with E-state index in [0.717, 1.165) is 13.1 Å². The minimum Gasteiger partial charge on any atom is -0.368 e. The molecule has 2 heterocycles. The predicted molar refractivity (Wildman–Crippen MR) is 118 cm³/mol. The number of amidine groups is 1. The lowest BCUT2D eigenvalue weighted by molar-refractivity contribution is -0.132. The van der Waals surface area contributed by atoms with Crippen LogP contribution in [0.4, 0.5) is 11.4 Å². The molecular formula is C22H26N4O3S. The number of sulfonamides is 1. The molecule has 2 aliphatic rings. The van der Waals surface area contributed by atoms with E-state index in [0.29, 0.717) is 37.5 Å². The van der Waals surface area contributed by atoms with Crippen LogP contribution in [0.15, 0.2) is 63.9 Å². The third-order valence-corrected chi connectivity index (χ3v) is 6.87. The monoisotopic (exact) mass is 426 g/mol. The van der Waals surface area contributed by atoms with Gasteiger partial charge >= 0.3 is 0 Å². The number of carbonyl (C=O) groups is 1. The van der Waals surface area contributed by atoms with Gasteiger partial charge in [0.15, 0.2) is 0 Å². The Bertz CT molecular complexity index is 1050. The minimum absolute atomic E-state index is 0.0173. The van der Waals surface area contributed by atoms with E-state index < -0.39 is 10.0 Å². The third kappa shape index (κ3) is 4.48. The fraction of sp³-hybridized carbons (Fsp3) is 0.364. The highest BCUT2D eigenvalue weighted by molar-refractivity contribution is 7.90. The van der Waals surface area contributed by atoms with Gasteiger partial charge in [-0.15, -0.1) is 4.40 Å². The molecule has 2 aromatic rings. The first-order chi connectivity index (χ1) is 14.4. The summed E-state index contributed by atoms with van der Waals surface area (Å²) >= 11 is 0. The summed E-state index contributed by atoms with van der Waals surface area (Å²) in [5, 5.41) is 3.10. The van der Waals surface area contributed by atoms with Crippen LogP contribution in [-0.2, 0) is 14.8 Å². The standard InChI is InChI=1S/C22H26N4O3S/c1-17(15-21-23-19-9-5-6-10-20(19)30(28,29)24-21)16-22(27)26-13-11-25(12-14-26)18-7-3-2-4-8-18/h2-10,17H,11-16H2,1H3,(H,23,24). The molecule has 0 bridgehead atoms. The van der Waals surface area contributed by atoms with E-state index in [1.807, 2.05) is 30.0 Å². The highest BCUT2D eigenvalue weighted by atomic mass is 32.2. The van der Waals surface area contributed by atoms with Crippen LogP contribution >= 0.6 is 0 Å². The zero-order valence-electron chi connectivity index (χ0n) is 17.0.